The van der Waals surface area contributed by atoms with Gasteiger partial charge in [0.25, 0.3) is 0 Å². The van der Waals surface area contributed by atoms with Crippen molar-refractivity contribution in [3.8, 4) is 0 Å². The Bertz CT molecular complexity index is 1100. The number of hydrogen-bond donors (Lipinski definition) is 3. The van der Waals surface area contributed by atoms with Gasteiger partial charge in [0.1, 0.15) is 0 Å². The smallest absolute Gasteiger partial charge is 0.229 e. The lowest BCUT2D eigenvalue weighted by Crippen LogP contribution is -2.33. The summed E-state index contributed by atoms with van der Waals surface area (Å²) in [5.41, 5.74) is 3.09. The zero-order valence-corrected chi connectivity index (χ0v) is 19.3. The second-order valence-electron chi connectivity index (χ2n) is 10.2. The van der Waals surface area contributed by atoms with Gasteiger partial charge < -0.3 is 25.0 Å². The van der Waals surface area contributed by atoms with E-state index < -0.39 is 6.29 Å². The molecule has 178 valence electrons. The maximum atomic E-state index is 9.29. The average molecular weight is 461 g/mol. The first-order valence-electron chi connectivity index (χ1n) is 12.4. The van der Waals surface area contributed by atoms with E-state index in [0.29, 0.717) is 23.4 Å². The van der Waals surface area contributed by atoms with E-state index in [9.17, 15) is 10.2 Å². The molecule has 2 saturated carbocycles. The molecule has 7 heteroatoms. The van der Waals surface area contributed by atoms with Crippen molar-refractivity contribution in [3.63, 3.8) is 0 Å². The summed E-state index contributed by atoms with van der Waals surface area (Å²) in [6, 6.07) is 18.8. The molecule has 0 bridgehead atoms. The van der Waals surface area contributed by atoms with Crippen LogP contribution in [-0.4, -0.2) is 46.0 Å². The first-order valence-corrected chi connectivity index (χ1v) is 12.4. The van der Waals surface area contributed by atoms with Crippen LogP contribution in [0.3, 0.4) is 0 Å². The Labute approximate surface area is 199 Å². The van der Waals surface area contributed by atoms with Crippen LogP contribution in [0.5, 0.6) is 0 Å². The fourth-order valence-corrected chi connectivity index (χ4v) is 5.30. The van der Waals surface area contributed by atoms with Gasteiger partial charge in [-0.2, -0.15) is 4.98 Å². The minimum absolute atomic E-state index is 0.0469. The minimum Gasteiger partial charge on any atom is -0.371 e. The van der Waals surface area contributed by atoms with Crippen molar-refractivity contribution in [1.82, 2.24) is 15.5 Å². The number of hydrogen-bond acceptors (Lipinski definition) is 7. The van der Waals surface area contributed by atoms with Gasteiger partial charge in [0.15, 0.2) is 12.1 Å². The lowest BCUT2D eigenvalue weighted by Gasteiger charge is -2.32. The first kappa shape index (κ1) is 21.8. The number of aliphatic hydroxyl groups excluding tert-OH is 1. The molecule has 3 aromatic rings. The molecule has 3 fully saturated rings. The van der Waals surface area contributed by atoms with Gasteiger partial charge >= 0.3 is 0 Å². The molecule has 0 spiro atoms. The third-order valence-electron chi connectivity index (χ3n) is 7.89. The Kier molecular flexibility index (Phi) is 5.63. The highest BCUT2D eigenvalue weighted by atomic mass is 16.5. The molecule has 2 aliphatic carbocycles. The molecular formula is C27H32N4O3. The van der Waals surface area contributed by atoms with Gasteiger partial charge in [0.2, 0.25) is 5.89 Å². The van der Waals surface area contributed by atoms with Crippen LogP contribution in [0.1, 0.15) is 73.1 Å². The molecule has 1 saturated heterocycles. The van der Waals surface area contributed by atoms with Gasteiger partial charge in [-0.1, -0.05) is 47.6 Å². The van der Waals surface area contributed by atoms with Gasteiger partial charge in [-0.25, -0.2) is 0 Å². The van der Waals surface area contributed by atoms with Crippen LogP contribution >= 0.6 is 0 Å². The Balaban J connectivity index is 1.02. The molecule has 0 radical (unpaired) electrons. The standard InChI is InChI=1S/C27H32N4O3/c32-25(33)20-6-8-21(9-7-20)31-14-10-19(11-15-31)24-29-26(30-34-24)27(12-13-27)17-28-23-16-22(23)18-4-2-1-3-5-18/h1-9,19,22-23,25,28,32-33H,10-17H2/t22-,23+/m1/s1. The van der Waals surface area contributed by atoms with E-state index in [1.807, 2.05) is 12.1 Å². The van der Waals surface area contributed by atoms with Crippen LogP contribution in [0.2, 0.25) is 0 Å². The number of benzene rings is 2. The van der Waals surface area contributed by atoms with Crippen molar-refractivity contribution in [2.45, 2.75) is 61.7 Å². The zero-order valence-electron chi connectivity index (χ0n) is 19.3. The third kappa shape index (κ3) is 4.35. The van der Waals surface area contributed by atoms with Crippen LogP contribution < -0.4 is 10.2 Å². The minimum atomic E-state index is -1.42. The van der Waals surface area contributed by atoms with Gasteiger partial charge in [0, 0.05) is 54.2 Å². The molecule has 1 aromatic heterocycles. The van der Waals surface area contributed by atoms with Crippen LogP contribution in [-0.2, 0) is 5.41 Å². The zero-order chi connectivity index (χ0) is 23.1. The van der Waals surface area contributed by atoms with Crippen LogP contribution in [0.25, 0.3) is 0 Å². The van der Waals surface area contributed by atoms with E-state index in [0.717, 1.165) is 62.7 Å². The summed E-state index contributed by atoms with van der Waals surface area (Å²) in [7, 11) is 0. The maximum absolute atomic E-state index is 9.29. The van der Waals surface area contributed by atoms with E-state index in [-0.39, 0.29) is 5.41 Å². The topological polar surface area (TPSA) is 94.7 Å². The van der Waals surface area contributed by atoms with Crippen LogP contribution in [0, 0.1) is 0 Å². The molecular weight excluding hydrogens is 428 g/mol. The molecule has 0 amide bonds. The summed E-state index contributed by atoms with van der Waals surface area (Å²) in [6.07, 6.45) is 3.97. The highest BCUT2D eigenvalue weighted by Crippen LogP contribution is 2.48. The van der Waals surface area contributed by atoms with E-state index in [4.69, 9.17) is 9.51 Å². The van der Waals surface area contributed by atoms with Crippen molar-refractivity contribution < 1.29 is 14.7 Å². The SMILES string of the molecule is OC(O)c1ccc(N2CCC(c3nc(C4(CN[C@H]5C[C@@H]5c5ccccc5)CC4)no3)CC2)cc1. The summed E-state index contributed by atoms with van der Waals surface area (Å²) in [5, 5.41) is 26.8. The number of anilines is 1. The predicted molar refractivity (Wildman–Crippen MR) is 129 cm³/mol. The van der Waals surface area contributed by atoms with E-state index in [2.05, 4.69) is 45.7 Å². The fourth-order valence-electron chi connectivity index (χ4n) is 5.30. The molecule has 6 rings (SSSR count). The van der Waals surface area contributed by atoms with Crippen LogP contribution in [0.15, 0.2) is 59.1 Å². The van der Waals surface area contributed by atoms with Crippen molar-refractivity contribution in [2.24, 2.45) is 0 Å². The molecule has 3 aliphatic rings. The van der Waals surface area contributed by atoms with Gasteiger partial charge in [-0.05, 0) is 49.8 Å². The van der Waals surface area contributed by atoms with E-state index >= 15 is 0 Å². The lowest BCUT2D eigenvalue weighted by molar-refractivity contribution is -0.0424. The summed E-state index contributed by atoms with van der Waals surface area (Å²) in [5.74, 6) is 2.60. The van der Waals surface area contributed by atoms with E-state index in [1.54, 1.807) is 12.1 Å². The molecule has 1 aliphatic heterocycles. The summed E-state index contributed by atoms with van der Waals surface area (Å²) >= 11 is 0. The molecule has 2 heterocycles. The van der Waals surface area contributed by atoms with Crippen molar-refractivity contribution in [2.75, 3.05) is 24.5 Å². The van der Waals surface area contributed by atoms with Gasteiger partial charge in [-0.15, -0.1) is 0 Å². The number of aliphatic hydroxyl groups is 2. The molecule has 2 aromatic carbocycles. The molecule has 34 heavy (non-hydrogen) atoms. The van der Waals surface area contributed by atoms with Gasteiger partial charge in [-0.3, -0.25) is 0 Å². The van der Waals surface area contributed by atoms with Crippen molar-refractivity contribution in [1.29, 1.82) is 0 Å². The largest absolute Gasteiger partial charge is 0.371 e. The third-order valence-corrected chi connectivity index (χ3v) is 7.89. The first-order chi connectivity index (χ1) is 16.6. The average Bonchev–Trinajstić information content (AvgIpc) is 3.80. The van der Waals surface area contributed by atoms with Gasteiger partial charge in [0.05, 0.1) is 0 Å². The normalized spacial score (nSPS) is 23.9. The quantitative estimate of drug-likeness (QED) is 0.442. The van der Waals surface area contributed by atoms with Crippen molar-refractivity contribution in [3.05, 3.63) is 77.4 Å². The predicted octanol–water partition coefficient (Wildman–Crippen LogP) is 3.61. The Morgan fingerprint density at radius 3 is 2.44 bits per heavy atom. The monoisotopic (exact) mass is 460 g/mol. The Morgan fingerprint density at radius 1 is 1.03 bits per heavy atom. The maximum Gasteiger partial charge on any atom is 0.229 e. The van der Waals surface area contributed by atoms with Crippen molar-refractivity contribution >= 4 is 5.69 Å². The Hall–Kier alpha value is -2.74. The van der Waals surface area contributed by atoms with E-state index in [1.165, 1.54) is 12.0 Å². The molecule has 0 unspecified atom stereocenters. The summed E-state index contributed by atoms with van der Waals surface area (Å²) in [6.45, 7) is 2.76. The fraction of sp³-hybridized carbons (Fsp3) is 0.481. The number of aromatic nitrogens is 2. The summed E-state index contributed by atoms with van der Waals surface area (Å²) < 4.78 is 5.76. The van der Waals surface area contributed by atoms with Crippen LogP contribution in [0.4, 0.5) is 5.69 Å². The second kappa shape index (κ2) is 8.80. The highest BCUT2D eigenvalue weighted by Gasteiger charge is 2.50. The number of nitrogens with one attached hydrogen (secondary N) is 1. The molecule has 3 N–H and O–H groups in total. The number of rotatable bonds is 8. The molecule has 7 nitrogen and oxygen atoms in total. The molecule has 2 atom stereocenters. The lowest BCUT2D eigenvalue weighted by atomic mass is 9.96. The summed E-state index contributed by atoms with van der Waals surface area (Å²) in [4.78, 5) is 7.21. The Morgan fingerprint density at radius 2 is 1.76 bits per heavy atom. The highest BCUT2D eigenvalue weighted by molar-refractivity contribution is 5.48. The second-order valence-corrected chi connectivity index (χ2v) is 10.2. The number of piperidine rings is 1. The number of nitrogens with zero attached hydrogens (tertiary/aromatic N) is 3.